The van der Waals surface area contributed by atoms with Gasteiger partial charge in [-0.15, -0.1) is 0 Å². The van der Waals surface area contributed by atoms with E-state index in [-0.39, 0.29) is 11.5 Å². The van der Waals surface area contributed by atoms with Crippen LogP contribution in [0.2, 0.25) is 0 Å². The van der Waals surface area contributed by atoms with Gasteiger partial charge in [-0.1, -0.05) is 12.1 Å². The lowest BCUT2D eigenvalue weighted by atomic mass is 9.97. The van der Waals surface area contributed by atoms with Gasteiger partial charge in [0.05, 0.1) is 17.3 Å². The summed E-state index contributed by atoms with van der Waals surface area (Å²) in [6.07, 6.45) is -0.867. The van der Waals surface area contributed by atoms with Crippen LogP contribution in [0.15, 0.2) is 36.7 Å². The number of carbonyl (C=O) groups excluding carboxylic acids is 1. The Morgan fingerprint density at radius 1 is 1.30 bits per heavy atom. The number of likely N-dealkylation sites (tertiary alicyclic amines) is 1. The fourth-order valence-electron chi connectivity index (χ4n) is 2.77. The number of rotatable bonds is 3. The summed E-state index contributed by atoms with van der Waals surface area (Å²) < 4.78 is 40.7. The monoisotopic (exact) mass is 323 g/mol. The Hall–Kier alpha value is -2.31. The minimum Gasteiger partial charge on any atom is -0.338 e. The molecule has 0 aliphatic carbocycles. The quantitative estimate of drug-likeness (QED) is 0.871. The van der Waals surface area contributed by atoms with Crippen LogP contribution in [-0.2, 0) is 12.7 Å². The molecular weight excluding hydrogens is 307 g/mol. The molecule has 0 atom stereocenters. The number of nitrogens with zero attached hydrogens (tertiary/aromatic N) is 3. The number of hydrogen-bond donors (Lipinski definition) is 0. The normalized spacial score (nSPS) is 15.6. The molecule has 1 aromatic heterocycles. The lowest BCUT2D eigenvalue weighted by molar-refractivity contribution is -0.138. The van der Waals surface area contributed by atoms with E-state index < -0.39 is 17.6 Å². The Bertz CT molecular complexity index is 717. The summed E-state index contributed by atoms with van der Waals surface area (Å²) in [6, 6.07) is 4.91. The third-order valence-electron chi connectivity index (χ3n) is 3.91. The maximum absolute atomic E-state index is 13.0. The van der Waals surface area contributed by atoms with Gasteiger partial charge in [-0.05, 0) is 24.6 Å². The lowest BCUT2D eigenvalue weighted by Crippen LogP contribution is -2.51. The summed E-state index contributed by atoms with van der Waals surface area (Å²) in [5.74, 6) is -0.345. The van der Waals surface area contributed by atoms with Crippen LogP contribution in [0.25, 0.3) is 0 Å². The Morgan fingerprint density at radius 3 is 2.61 bits per heavy atom. The van der Waals surface area contributed by atoms with Crippen LogP contribution in [-0.4, -0.2) is 33.7 Å². The molecular formula is C16H16F3N3O. The van der Waals surface area contributed by atoms with Gasteiger partial charge in [0.15, 0.2) is 0 Å². The molecule has 0 saturated carbocycles. The van der Waals surface area contributed by atoms with Crippen LogP contribution in [0.4, 0.5) is 13.2 Å². The summed E-state index contributed by atoms with van der Waals surface area (Å²) in [7, 11) is 0. The molecule has 1 aliphatic heterocycles. The van der Waals surface area contributed by atoms with Crippen LogP contribution in [0.1, 0.15) is 21.5 Å². The molecule has 0 N–H and O–H groups in total. The smallest absolute Gasteiger partial charge is 0.338 e. The Morgan fingerprint density at radius 2 is 2.00 bits per heavy atom. The van der Waals surface area contributed by atoms with E-state index in [9.17, 15) is 18.0 Å². The molecule has 1 saturated heterocycles. The van der Waals surface area contributed by atoms with Crippen molar-refractivity contribution in [2.24, 2.45) is 5.92 Å². The van der Waals surface area contributed by atoms with Gasteiger partial charge in [0, 0.05) is 31.7 Å². The van der Waals surface area contributed by atoms with E-state index in [1.807, 2.05) is 13.1 Å². The summed E-state index contributed by atoms with van der Waals surface area (Å²) in [5.41, 5.74) is -0.110. The first-order chi connectivity index (χ1) is 10.8. The van der Waals surface area contributed by atoms with Crippen molar-refractivity contribution in [3.8, 4) is 0 Å². The van der Waals surface area contributed by atoms with E-state index in [0.717, 1.165) is 11.6 Å². The topological polar surface area (TPSA) is 38.1 Å². The first kappa shape index (κ1) is 15.6. The molecule has 2 heterocycles. The summed E-state index contributed by atoms with van der Waals surface area (Å²) in [6.45, 7) is 3.50. The maximum Gasteiger partial charge on any atom is 0.417 e. The van der Waals surface area contributed by atoms with Crippen LogP contribution in [0.5, 0.6) is 0 Å². The average molecular weight is 323 g/mol. The number of amides is 1. The van der Waals surface area contributed by atoms with Crippen molar-refractivity contribution < 1.29 is 18.0 Å². The maximum atomic E-state index is 13.0. The number of aromatic nitrogens is 2. The predicted octanol–water partition coefficient (Wildman–Crippen LogP) is 2.98. The predicted molar refractivity (Wildman–Crippen MR) is 77.8 cm³/mol. The van der Waals surface area contributed by atoms with Crippen molar-refractivity contribution in [3.63, 3.8) is 0 Å². The second kappa shape index (κ2) is 5.72. The molecule has 0 bridgehead atoms. The minimum absolute atomic E-state index is 0.219. The highest BCUT2D eigenvalue weighted by Gasteiger charge is 2.38. The number of hydrogen-bond acceptors (Lipinski definition) is 2. The number of aryl methyl sites for hydroxylation is 1. The van der Waals surface area contributed by atoms with E-state index in [1.165, 1.54) is 23.1 Å². The highest BCUT2D eigenvalue weighted by molar-refractivity contribution is 5.96. The van der Waals surface area contributed by atoms with Gasteiger partial charge < -0.3 is 4.90 Å². The van der Waals surface area contributed by atoms with Gasteiger partial charge in [0.2, 0.25) is 0 Å². The van der Waals surface area contributed by atoms with Gasteiger partial charge in [-0.2, -0.15) is 18.3 Å². The first-order valence-corrected chi connectivity index (χ1v) is 7.29. The van der Waals surface area contributed by atoms with Crippen LogP contribution < -0.4 is 0 Å². The van der Waals surface area contributed by atoms with Crippen molar-refractivity contribution in [3.05, 3.63) is 53.3 Å². The summed E-state index contributed by atoms with van der Waals surface area (Å²) in [4.78, 5) is 13.8. The SMILES string of the molecule is Cc1cnn(CC2CN(C(=O)c3ccccc3C(F)(F)F)C2)c1. The number of alkyl halides is 3. The number of carbonyl (C=O) groups is 1. The van der Waals surface area contributed by atoms with Crippen LogP contribution >= 0.6 is 0 Å². The lowest BCUT2D eigenvalue weighted by Gasteiger charge is -2.39. The van der Waals surface area contributed by atoms with Crippen molar-refractivity contribution >= 4 is 5.91 Å². The summed E-state index contributed by atoms with van der Waals surface area (Å²) in [5, 5.41) is 4.18. The van der Waals surface area contributed by atoms with Gasteiger partial charge in [-0.25, -0.2) is 0 Å². The third kappa shape index (κ3) is 3.23. The van der Waals surface area contributed by atoms with Gasteiger partial charge in [0.1, 0.15) is 0 Å². The Kier molecular flexibility index (Phi) is 3.87. The highest BCUT2D eigenvalue weighted by atomic mass is 19.4. The average Bonchev–Trinajstić information content (AvgIpc) is 2.86. The van der Waals surface area contributed by atoms with E-state index in [1.54, 1.807) is 10.9 Å². The number of benzene rings is 1. The van der Waals surface area contributed by atoms with Gasteiger partial charge >= 0.3 is 6.18 Å². The van der Waals surface area contributed by atoms with Crippen molar-refractivity contribution in [1.29, 1.82) is 0 Å². The van der Waals surface area contributed by atoms with Crippen LogP contribution in [0.3, 0.4) is 0 Å². The molecule has 23 heavy (non-hydrogen) atoms. The molecule has 122 valence electrons. The van der Waals surface area contributed by atoms with Crippen LogP contribution in [0, 0.1) is 12.8 Å². The zero-order valence-electron chi connectivity index (χ0n) is 12.5. The van der Waals surface area contributed by atoms with Crippen molar-refractivity contribution in [2.45, 2.75) is 19.6 Å². The molecule has 0 radical (unpaired) electrons. The third-order valence-corrected chi connectivity index (χ3v) is 3.91. The molecule has 7 heteroatoms. The second-order valence-corrected chi connectivity index (χ2v) is 5.86. The zero-order chi connectivity index (χ0) is 16.6. The molecule has 2 aromatic rings. The molecule has 0 unspecified atom stereocenters. The Labute approximate surface area is 131 Å². The number of halogens is 3. The zero-order valence-corrected chi connectivity index (χ0v) is 12.5. The fourth-order valence-corrected chi connectivity index (χ4v) is 2.77. The Balaban J connectivity index is 1.65. The first-order valence-electron chi connectivity index (χ1n) is 7.29. The van der Waals surface area contributed by atoms with Crippen molar-refractivity contribution in [2.75, 3.05) is 13.1 Å². The molecule has 4 nitrogen and oxygen atoms in total. The molecule has 3 rings (SSSR count). The summed E-state index contributed by atoms with van der Waals surface area (Å²) >= 11 is 0. The van der Waals surface area contributed by atoms with E-state index >= 15 is 0 Å². The molecule has 1 aromatic carbocycles. The molecule has 1 aliphatic rings. The second-order valence-electron chi connectivity index (χ2n) is 5.86. The minimum atomic E-state index is -4.52. The van der Waals surface area contributed by atoms with E-state index in [0.29, 0.717) is 19.6 Å². The van der Waals surface area contributed by atoms with E-state index in [2.05, 4.69) is 5.10 Å². The molecule has 0 spiro atoms. The van der Waals surface area contributed by atoms with E-state index in [4.69, 9.17) is 0 Å². The van der Waals surface area contributed by atoms with Gasteiger partial charge in [0.25, 0.3) is 5.91 Å². The van der Waals surface area contributed by atoms with Crippen molar-refractivity contribution in [1.82, 2.24) is 14.7 Å². The molecule has 1 amide bonds. The fraction of sp³-hybridized carbons (Fsp3) is 0.375. The standard InChI is InChI=1S/C16H16F3N3O/c1-11-6-20-22(7-11)10-12-8-21(9-12)15(23)13-4-2-3-5-14(13)16(17,18)19/h2-7,12H,8-10H2,1H3. The van der Waals surface area contributed by atoms with Gasteiger partial charge in [-0.3, -0.25) is 9.48 Å². The highest BCUT2D eigenvalue weighted by Crippen LogP contribution is 2.33. The molecule has 1 fully saturated rings. The largest absolute Gasteiger partial charge is 0.417 e.